The number of aldehydes is 1. The zero-order valence-corrected chi connectivity index (χ0v) is 7.46. The first-order valence-electron chi connectivity index (χ1n) is 3.23. The second-order valence-electron chi connectivity index (χ2n) is 3.06. The maximum absolute atomic E-state index is 9.89. The Labute approximate surface area is 67.0 Å². The fraction of sp³-hybridized carbons (Fsp3) is 0.714. The van der Waals surface area contributed by atoms with Gasteiger partial charge in [0.1, 0.15) is 12.8 Å². The first-order chi connectivity index (χ1) is 4.83. The lowest BCUT2D eigenvalue weighted by molar-refractivity contribution is -0.864. The zero-order valence-electron chi connectivity index (χ0n) is 7.46. The summed E-state index contributed by atoms with van der Waals surface area (Å²) >= 11 is 0. The molecular formula is C7H15NO3. The van der Waals surface area contributed by atoms with E-state index in [4.69, 9.17) is 4.79 Å². The number of carbonyl (C=O) groups is 2. The van der Waals surface area contributed by atoms with Gasteiger partial charge < -0.3 is 19.2 Å². The molecule has 0 aromatic carbocycles. The lowest BCUT2D eigenvalue weighted by Gasteiger charge is -2.23. The van der Waals surface area contributed by atoms with Crippen molar-refractivity contribution >= 4 is 12.3 Å². The summed E-state index contributed by atoms with van der Waals surface area (Å²) in [6, 6.07) is 0. The first kappa shape index (κ1) is 12.7. The van der Waals surface area contributed by atoms with Crippen LogP contribution in [0.25, 0.3) is 0 Å². The summed E-state index contributed by atoms with van der Waals surface area (Å²) < 4.78 is 0.419. The minimum atomic E-state index is -1.00. The number of carboxylic acids is 1. The van der Waals surface area contributed by atoms with E-state index in [9.17, 15) is 9.90 Å². The third-order valence-electron chi connectivity index (χ3n) is 0.603. The number of carbonyl (C=O) groups excluding carboxylic acids is 2. The molecule has 0 aliphatic rings. The van der Waals surface area contributed by atoms with Crippen LogP contribution in [0.2, 0.25) is 0 Å². The lowest BCUT2D eigenvalue weighted by Crippen LogP contribution is -2.45. The highest BCUT2D eigenvalue weighted by molar-refractivity contribution is 5.65. The number of aliphatic carboxylic acids is 1. The number of carboxylic acid groups (broad SMARTS) is 1. The molecule has 0 saturated carbocycles. The number of rotatable bonds is 2. The summed E-state index contributed by atoms with van der Waals surface area (Å²) in [7, 11) is 5.40. The van der Waals surface area contributed by atoms with Crippen LogP contribution in [0.5, 0.6) is 0 Å². The van der Waals surface area contributed by atoms with Crippen molar-refractivity contribution < 1.29 is 19.2 Å². The largest absolute Gasteiger partial charge is 0.544 e. The van der Waals surface area contributed by atoms with Gasteiger partial charge in [0.05, 0.1) is 27.1 Å². The smallest absolute Gasteiger partial charge is 0.118 e. The third-order valence-corrected chi connectivity index (χ3v) is 0.603. The van der Waals surface area contributed by atoms with Crippen molar-refractivity contribution in [2.24, 2.45) is 0 Å². The van der Waals surface area contributed by atoms with Crippen molar-refractivity contribution in [2.75, 3.05) is 27.7 Å². The molecule has 0 rings (SSSR count). The highest BCUT2D eigenvalue weighted by atomic mass is 16.4. The average Bonchev–Trinajstić information content (AvgIpc) is 1.57. The molecule has 0 amide bonds. The van der Waals surface area contributed by atoms with Crippen LogP contribution in [-0.4, -0.2) is 44.4 Å². The van der Waals surface area contributed by atoms with E-state index in [1.807, 2.05) is 0 Å². The second-order valence-corrected chi connectivity index (χ2v) is 3.06. The van der Waals surface area contributed by atoms with Gasteiger partial charge in [-0.2, -0.15) is 0 Å². The molecule has 11 heavy (non-hydrogen) atoms. The van der Waals surface area contributed by atoms with Gasteiger partial charge >= 0.3 is 0 Å². The minimum absolute atomic E-state index is 0.0694. The number of hydrogen-bond donors (Lipinski definition) is 0. The monoisotopic (exact) mass is 161 g/mol. The normalized spacial score (nSPS) is 9.45. The van der Waals surface area contributed by atoms with Crippen molar-refractivity contribution in [3.8, 4) is 0 Å². The van der Waals surface area contributed by atoms with Crippen LogP contribution in [0.4, 0.5) is 0 Å². The molecule has 0 radical (unpaired) electrons. The van der Waals surface area contributed by atoms with E-state index in [2.05, 4.69) is 0 Å². The molecule has 0 atom stereocenters. The highest BCUT2D eigenvalue weighted by Gasteiger charge is 2.04. The van der Waals surface area contributed by atoms with E-state index < -0.39 is 5.97 Å². The summed E-state index contributed by atoms with van der Waals surface area (Å²) in [6.07, 6.45) is 0.750. The Balaban J connectivity index is 0. The Kier molecular flexibility index (Phi) is 6.78. The molecule has 0 aromatic heterocycles. The van der Waals surface area contributed by atoms with E-state index in [0.29, 0.717) is 4.48 Å². The Morgan fingerprint density at radius 3 is 1.73 bits per heavy atom. The van der Waals surface area contributed by atoms with Crippen LogP contribution >= 0.6 is 0 Å². The molecule has 0 N–H and O–H groups in total. The van der Waals surface area contributed by atoms with Crippen molar-refractivity contribution in [1.82, 2.24) is 0 Å². The molecule has 0 spiro atoms. The Hall–Kier alpha value is -0.900. The van der Waals surface area contributed by atoms with E-state index in [1.165, 1.54) is 6.92 Å². The maximum atomic E-state index is 9.89. The van der Waals surface area contributed by atoms with E-state index in [1.54, 1.807) is 21.1 Å². The van der Waals surface area contributed by atoms with E-state index in [0.717, 1.165) is 6.29 Å². The molecule has 0 saturated heterocycles. The molecular weight excluding hydrogens is 146 g/mol. The van der Waals surface area contributed by atoms with Gasteiger partial charge in [0.25, 0.3) is 0 Å². The predicted octanol–water partition coefficient (Wildman–Crippen LogP) is -1.35. The lowest BCUT2D eigenvalue weighted by atomic mass is 10.5. The van der Waals surface area contributed by atoms with Crippen molar-refractivity contribution in [3.63, 3.8) is 0 Å². The Morgan fingerprint density at radius 2 is 1.73 bits per heavy atom. The van der Waals surface area contributed by atoms with Crippen molar-refractivity contribution in [2.45, 2.75) is 6.92 Å². The Bertz CT molecular complexity index is 126. The zero-order chi connectivity index (χ0) is 9.49. The molecule has 4 heteroatoms. The molecule has 0 unspecified atom stereocenters. The molecule has 0 aliphatic carbocycles. The molecule has 0 aromatic rings. The van der Waals surface area contributed by atoms with Gasteiger partial charge in [-0.3, -0.25) is 0 Å². The van der Waals surface area contributed by atoms with E-state index >= 15 is 0 Å². The van der Waals surface area contributed by atoms with Crippen molar-refractivity contribution in [1.29, 1.82) is 0 Å². The van der Waals surface area contributed by atoms with Crippen LogP contribution in [-0.2, 0) is 9.59 Å². The fourth-order valence-electron chi connectivity index (χ4n) is 0.387. The summed E-state index contributed by atoms with van der Waals surface area (Å²) in [6.45, 7) is 1.51. The van der Waals surface area contributed by atoms with Gasteiger partial charge in [-0.05, 0) is 6.92 Å². The summed E-state index contributed by atoms with van der Waals surface area (Å²) in [5.41, 5.74) is 0. The molecule has 66 valence electrons. The Morgan fingerprint density at radius 1 is 1.45 bits per heavy atom. The predicted molar refractivity (Wildman–Crippen MR) is 39.6 cm³/mol. The highest BCUT2D eigenvalue weighted by Crippen LogP contribution is 1.84. The van der Waals surface area contributed by atoms with Crippen LogP contribution < -0.4 is 5.11 Å². The standard InChI is InChI=1S/C5H11NO2.C2H4O/c1-6(2,3)4-5(7)8;1-2-3/h4H2,1-3H3;2H,1H3. The van der Waals surface area contributed by atoms with Gasteiger partial charge in [0.2, 0.25) is 0 Å². The quantitative estimate of drug-likeness (QED) is 0.371. The maximum Gasteiger partial charge on any atom is 0.118 e. The number of likely N-dealkylation sites (N-methyl/N-ethyl adjacent to an activating group) is 1. The SMILES string of the molecule is CC=O.C[N+](C)(C)CC(=O)[O-]. The van der Waals surface area contributed by atoms with Crippen LogP contribution in [0.3, 0.4) is 0 Å². The summed E-state index contributed by atoms with van der Waals surface area (Å²) in [4.78, 5) is 18.7. The summed E-state index contributed by atoms with van der Waals surface area (Å²) in [5, 5.41) is 9.89. The van der Waals surface area contributed by atoms with Gasteiger partial charge in [-0.15, -0.1) is 0 Å². The molecule has 0 aliphatic heterocycles. The average molecular weight is 161 g/mol. The second kappa shape index (κ2) is 5.85. The topological polar surface area (TPSA) is 57.2 Å². The third kappa shape index (κ3) is 27.3. The first-order valence-corrected chi connectivity index (χ1v) is 3.23. The van der Waals surface area contributed by atoms with Crippen LogP contribution in [0.15, 0.2) is 0 Å². The molecule has 0 heterocycles. The van der Waals surface area contributed by atoms with Gasteiger partial charge in [-0.25, -0.2) is 0 Å². The number of nitrogens with zero attached hydrogens (tertiary/aromatic N) is 1. The van der Waals surface area contributed by atoms with Gasteiger partial charge in [-0.1, -0.05) is 0 Å². The summed E-state index contributed by atoms with van der Waals surface area (Å²) in [5.74, 6) is -1.00. The molecule has 0 bridgehead atoms. The van der Waals surface area contributed by atoms with E-state index in [-0.39, 0.29) is 6.54 Å². The molecule has 4 nitrogen and oxygen atoms in total. The van der Waals surface area contributed by atoms with Crippen LogP contribution in [0, 0.1) is 0 Å². The minimum Gasteiger partial charge on any atom is -0.544 e. The van der Waals surface area contributed by atoms with Crippen molar-refractivity contribution in [3.05, 3.63) is 0 Å². The van der Waals surface area contributed by atoms with Crippen LogP contribution in [0.1, 0.15) is 6.92 Å². The van der Waals surface area contributed by atoms with Gasteiger partial charge in [0.15, 0.2) is 0 Å². The fourth-order valence-corrected chi connectivity index (χ4v) is 0.387. The number of hydrogen-bond acceptors (Lipinski definition) is 3. The molecule has 0 fully saturated rings. The number of quaternary nitrogens is 1. The van der Waals surface area contributed by atoms with Gasteiger partial charge in [0, 0.05) is 0 Å².